The van der Waals surface area contributed by atoms with E-state index >= 15 is 0 Å². The topological polar surface area (TPSA) is 47.3 Å². The molecular formula is C12H18N2OS. The van der Waals surface area contributed by atoms with Crippen LogP contribution in [0.1, 0.15) is 18.4 Å². The van der Waals surface area contributed by atoms with Gasteiger partial charge in [0, 0.05) is 23.7 Å². The van der Waals surface area contributed by atoms with Crippen LogP contribution in [-0.4, -0.2) is 19.3 Å². The van der Waals surface area contributed by atoms with Crippen LogP contribution in [-0.2, 0) is 4.74 Å². The molecule has 0 amide bonds. The number of hydrogen-bond acceptors (Lipinski definition) is 4. The van der Waals surface area contributed by atoms with E-state index in [-0.39, 0.29) is 0 Å². The van der Waals surface area contributed by atoms with Gasteiger partial charge in [-0.1, -0.05) is 0 Å². The van der Waals surface area contributed by atoms with Gasteiger partial charge in [0.2, 0.25) is 0 Å². The van der Waals surface area contributed by atoms with Crippen molar-refractivity contribution < 1.29 is 4.74 Å². The Morgan fingerprint density at radius 3 is 3.12 bits per heavy atom. The van der Waals surface area contributed by atoms with E-state index in [1.807, 2.05) is 19.1 Å². The third-order valence-electron chi connectivity index (χ3n) is 2.77. The summed E-state index contributed by atoms with van der Waals surface area (Å²) in [6.07, 6.45) is 2.76. The van der Waals surface area contributed by atoms with E-state index in [1.165, 1.54) is 17.7 Å². The number of hydrogen-bond donors (Lipinski definition) is 2. The summed E-state index contributed by atoms with van der Waals surface area (Å²) in [7, 11) is 0. The van der Waals surface area contributed by atoms with Crippen molar-refractivity contribution in [2.75, 3.05) is 18.9 Å². The zero-order valence-electron chi connectivity index (χ0n) is 9.53. The molecule has 0 aromatic heterocycles. The maximum absolute atomic E-state index is 5.77. The van der Waals surface area contributed by atoms with Crippen LogP contribution in [0, 0.1) is 6.92 Å². The zero-order valence-corrected chi connectivity index (χ0v) is 10.3. The third kappa shape index (κ3) is 3.14. The molecule has 3 N–H and O–H groups in total. The van der Waals surface area contributed by atoms with E-state index in [0.29, 0.717) is 6.10 Å². The van der Waals surface area contributed by atoms with Crippen LogP contribution < -0.4 is 10.5 Å². The number of ether oxygens (including phenoxy) is 1. The summed E-state index contributed by atoms with van der Waals surface area (Å²) in [5.41, 5.74) is 7.75. The van der Waals surface area contributed by atoms with Gasteiger partial charge in [0.15, 0.2) is 0 Å². The first-order valence-corrected chi connectivity index (χ1v) is 6.45. The van der Waals surface area contributed by atoms with E-state index in [9.17, 15) is 0 Å². The summed E-state index contributed by atoms with van der Waals surface area (Å²) in [5.74, 6) is 0. The molecule has 1 atom stereocenters. The highest BCUT2D eigenvalue weighted by atomic mass is 32.2. The Morgan fingerprint density at radius 1 is 1.56 bits per heavy atom. The lowest BCUT2D eigenvalue weighted by Crippen LogP contribution is -2.20. The van der Waals surface area contributed by atoms with Crippen molar-refractivity contribution in [1.29, 1.82) is 0 Å². The second-order valence-corrected chi connectivity index (χ2v) is 5.07. The molecule has 1 fully saturated rings. The van der Waals surface area contributed by atoms with Crippen LogP contribution in [0.25, 0.3) is 0 Å². The number of aryl methyl sites for hydroxylation is 1. The van der Waals surface area contributed by atoms with Gasteiger partial charge in [-0.25, -0.2) is 0 Å². The standard InChI is InChI=1S/C12H18N2OS/c1-9-7-11(4-5-12(9)13)16-14-8-10-3-2-6-15-10/h4-5,7,10,14H,2-3,6,8,13H2,1H3. The molecule has 1 aliphatic heterocycles. The average Bonchev–Trinajstić information content (AvgIpc) is 2.76. The van der Waals surface area contributed by atoms with Crippen molar-refractivity contribution in [3.05, 3.63) is 23.8 Å². The van der Waals surface area contributed by atoms with Crippen LogP contribution in [0.2, 0.25) is 0 Å². The highest BCUT2D eigenvalue weighted by Gasteiger charge is 2.14. The van der Waals surface area contributed by atoms with E-state index < -0.39 is 0 Å². The molecule has 0 saturated carbocycles. The molecule has 1 aromatic rings. The molecule has 0 bridgehead atoms. The second-order valence-electron chi connectivity index (χ2n) is 4.10. The fourth-order valence-electron chi connectivity index (χ4n) is 1.73. The van der Waals surface area contributed by atoms with Gasteiger partial charge in [-0.2, -0.15) is 0 Å². The smallest absolute Gasteiger partial charge is 0.0709 e. The van der Waals surface area contributed by atoms with Crippen LogP contribution in [0.4, 0.5) is 5.69 Å². The van der Waals surface area contributed by atoms with E-state index in [4.69, 9.17) is 10.5 Å². The molecule has 1 heterocycles. The van der Waals surface area contributed by atoms with Crippen LogP contribution in [0.15, 0.2) is 23.1 Å². The highest BCUT2D eigenvalue weighted by molar-refractivity contribution is 7.97. The molecule has 1 aromatic carbocycles. The number of nitrogen functional groups attached to an aromatic ring is 1. The minimum atomic E-state index is 0.391. The van der Waals surface area contributed by atoms with Crippen LogP contribution >= 0.6 is 11.9 Å². The van der Waals surface area contributed by atoms with Gasteiger partial charge in [0.25, 0.3) is 0 Å². The van der Waals surface area contributed by atoms with Gasteiger partial charge < -0.3 is 10.5 Å². The van der Waals surface area contributed by atoms with Gasteiger partial charge >= 0.3 is 0 Å². The number of benzene rings is 1. The van der Waals surface area contributed by atoms with Crippen LogP contribution in [0.5, 0.6) is 0 Å². The molecule has 16 heavy (non-hydrogen) atoms. The molecule has 3 nitrogen and oxygen atoms in total. The molecule has 1 saturated heterocycles. The third-order valence-corrected chi connectivity index (χ3v) is 3.57. The first-order valence-electron chi connectivity index (χ1n) is 5.63. The van der Waals surface area contributed by atoms with Crippen molar-refractivity contribution in [2.45, 2.75) is 30.8 Å². The molecule has 0 radical (unpaired) electrons. The molecule has 2 rings (SSSR count). The van der Waals surface area contributed by atoms with Crippen molar-refractivity contribution in [3.8, 4) is 0 Å². The Balaban J connectivity index is 1.78. The van der Waals surface area contributed by atoms with Crippen LogP contribution in [0.3, 0.4) is 0 Å². The minimum absolute atomic E-state index is 0.391. The Kier molecular flexibility index (Phi) is 4.09. The lowest BCUT2D eigenvalue weighted by atomic mass is 10.2. The minimum Gasteiger partial charge on any atom is -0.399 e. The lowest BCUT2D eigenvalue weighted by molar-refractivity contribution is 0.115. The Morgan fingerprint density at radius 2 is 2.44 bits per heavy atom. The van der Waals surface area contributed by atoms with E-state index in [0.717, 1.165) is 24.4 Å². The summed E-state index contributed by atoms with van der Waals surface area (Å²) >= 11 is 1.64. The van der Waals surface area contributed by atoms with Crippen molar-refractivity contribution in [3.63, 3.8) is 0 Å². The van der Waals surface area contributed by atoms with Crippen molar-refractivity contribution >= 4 is 17.6 Å². The molecule has 88 valence electrons. The average molecular weight is 238 g/mol. The van der Waals surface area contributed by atoms with Crippen molar-refractivity contribution in [1.82, 2.24) is 4.72 Å². The summed E-state index contributed by atoms with van der Waals surface area (Å²) in [6.45, 7) is 3.85. The summed E-state index contributed by atoms with van der Waals surface area (Å²) in [5, 5.41) is 0. The quantitative estimate of drug-likeness (QED) is 0.624. The van der Waals surface area contributed by atoms with Gasteiger partial charge in [-0.05, 0) is 55.5 Å². The monoisotopic (exact) mass is 238 g/mol. The van der Waals surface area contributed by atoms with Crippen molar-refractivity contribution in [2.24, 2.45) is 0 Å². The molecular weight excluding hydrogens is 220 g/mol. The largest absolute Gasteiger partial charge is 0.399 e. The summed E-state index contributed by atoms with van der Waals surface area (Å²) in [4.78, 5) is 1.20. The first-order chi connectivity index (χ1) is 7.75. The number of nitrogens with two attached hydrogens (primary N) is 1. The van der Waals surface area contributed by atoms with Gasteiger partial charge in [0.1, 0.15) is 0 Å². The molecule has 0 aliphatic carbocycles. The Labute approximate surface area is 101 Å². The zero-order chi connectivity index (χ0) is 11.4. The molecule has 1 unspecified atom stereocenters. The fourth-order valence-corrected chi connectivity index (χ4v) is 2.54. The second kappa shape index (κ2) is 5.57. The fraction of sp³-hybridized carbons (Fsp3) is 0.500. The lowest BCUT2D eigenvalue weighted by Gasteiger charge is -2.10. The van der Waals surface area contributed by atoms with E-state index in [1.54, 1.807) is 11.9 Å². The van der Waals surface area contributed by atoms with Gasteiger partial charge in [-0.3, -0.25) is 4.72 Å². The molecule has 0 spiro atoms. The SMILES string of the molecule is Cc1cc(SNCC2CCCO2)ccc1N. The van der Waals surface area contributed by atoms with Gasteiger partial charge in [-0.15, -0.1) is 0 Å². The first kappa shape index (κ1) is 11.8. The maximum Gasteiger partial charge on any atom is 0.0709 e. The van der Waals surface area contributed by atoms with E-state index in [2.05, 4.69) is 10.8 Å². The van der Waals surface area contributed by atoms with Gasteiger partial charge in [0.05, 0.1) is 6.10 Å². The summed E-state index contributed by atoms with van der Waals surface area (Å²) in [6, 6.07) is 6.09. The Hall–Kier alpha value is -0.710. The Bertz CT molecular complexity index is 351. The maximum atomic E-state index is 5.77. The predicted octanol–water partition coefficient (Wildman–Crippen LogP) is 2.35. The predicted molar refractivity (Wildman–Crippen MR) is 68.4 cm³/mol. The normalized spacial score (nSPS) is 20.2. The highest BCUT2D eigenvalue weighted by Crippen LogP contribution is 2.20. The summed E-state index contributed by atoms with van der Waals surface area (Å²) < 4.78 is 8.88. The number of anilines is 1. The number of nitrogens with one attached hydrogen (secondary N) is 1. The number of rotatable bonds is 4. The molecule has 1 aliphatic rings. The molecule has 4 heteroatoms.